The van der Waals surface area contributed by atoms with Gasteiger partial charge in [0.15, 0.2) is 0 Å². The molecule has 3 rings (SSSR count). The lowest BCUT2D eigenvalue weighted by Gasteiger charge is -2.38. The van der Waals surface area contributed by atoms with Crippen molar-refractivity contribution in [3.8, 4) is 0 Å². The first-order valence-electron chi connectivity index (χ1n) is 7.23. The quantitative estimate of drug-likeness (QED) is 0.756. The molecule has 3 fully saturated rings. The molecule has 2 aliphatic heterocycles. The van der Waals surface area contributed by atoms with E-state index < -0.39 is 0 Å². The first-order chi connectivity index (χ1) is 8.31. The number of hydrogen-bond donors (Lipinski definition) is 1. The normalized spacial score (nSPS) is 33.4. The van der Waals surface area contributed by atoms with Gasteiger partial charge in [-0.15, -0.1) is 0 Å². The Kier molecular flexibility index (Phi) is 3.66. The summed E-state index contributed by atoms with van der Waals surface area (Å²) < 4.78 is 0. The molecule has 1 saturated carbocycles. The predicted molar refractivity (Wildman–Crippen MR) is 69.8 cm³/mol. The molecule has 1 aliphatic carbocycles. The van der Waals surface area contributed by atoms with Gasteiger partial charge in [0, 0.05) is 45.3 Å². The van der Waals surface area contributed by atoms with Crippen LogP contribution in [0.3, 0.4) is 0 Å². The average Bonchev–Trinajstić information content (AvgIpc) is 3.06. The van der Waals surface area contributed by atoms with E-state index >= 15 is 0 Å². The summed E-state index contributed by atoms with van der Waals surface area (Å²) in [6.07, 6.45) is 4.20. The van der Waals surface area contributed by atoms with Gasteiger partial charge in [-0.05, 0) is 38.8 Å². The van der Waals surface area contributed by atoms with E-state index in [-0.39, 0.29) is 0 Å². The van der Waals surface area contributed by atoms with E-state index in [1.165, 1.54) is 65.1 Å². The summed E-state index contributed by atoms with van der Waals surface area (Å²) >= 11 is 0. The number of nitrogens with one attached hydrogen (secondary N) is 1. The fraction of sp³-hybridized carbons (Fsp3) is 1.00. The Morgan fingerprint density at radius 1 is 0.941 bits per heavy atom. The molecule has 4 heteroatoms. The van der Waals surface area contributed by atoms with E-state index in [1.807, 2.05) is 0 Å². The van der Waals surface area contributed by atoms with Crippen LogP contribution in [0.2, 0.25) is 0 Å². The van der Waals surface area contributed by atoms with Crippen molar-refractivity contribution in [3.63, 3.8) is 0 Å². The Morgan fingerprint density at radius 3 is 2.41 bits per heavy atom. The van der Waals surface area contributed by atoms with Crippen LogP contribution in [0.1, 0.15) is 19.3 Å². The van der Waals surface area contributed by atoms with Gasteiger partial charge in [-0.2, -0.15) is 0 Å². The maximum absolute atomic E-state index is 3.68. The number of hydrogen-bond acceptors (Lipinski definition) is 4. The van der Waals surface area contributed by atoms with E-state index in [1.54, 1.807) is 0 Å². The summed E-state index contributed by atoms with van der Waals surface area (Å²) in [4.78, 5) is 2.43. The molecule has 0 radical (unpaired) electrons. The Balaban J connectivity index is 1.40. The summed E-state index contributed by atoms with van der Waals surface area (Å²) in [7, 11) is 2.23. The Bertz CT molecular complexity index is 246. The van der Waals surface area contributed by atoms with Crippen LogP contribution in [0, 0.1) is 5.92 Å². The first kappa shape index (κ1) is 11.9. The van der Waals surface area contributed by atoms with E-state index in [0.717, 1.165) is 12.0 Å². The van der Waals surface area contributed by atoms with Crippen molar-refractivity contribution in [3.05, 3.63) is 0 Å². The van der Waals surface area contributed by atoms with Crippen LogP contribution in [0.4, 0.5) is 0 Å². The van der Waals surface area contributed by atoms with Crippen molar-refractivity contribution >= 4 is 0 Å². The van der Waals surface area contributed by atoms with Crippen molar-refractivity contribution in [1.29, 1.82) is 0 Å². The average molecular weight is 238 g/mol. The second-order valence-electron chi connectivity index (χ2n) is 6.01. The van der Waals surface area contributed by atoms with Crippen molar-refractivity contribution in [2.75, 3.05) is 52.9 Å². The molecule has 1 N–H and O–H groups in total. The molecule has 17 heavy (non-hydrogen) atoms. The molecule has 3 aliphatic rings. The van der Waals surface area contributed by atoms with Crippen LogP contribution in [0.15, 0.2) is 0 Å². The molecule has 0 aromatic rings. The smallest absolute Gasteiger partial charge is 0.0261 e. The minimum Gasteiger partial charge on any atom is -0.314 e. The topological polar surface area (TPSA) is 21.8 Å². The molecule has 0 bridgehead atoms. The van der Waals surface area contributed by atoms with Gasteiger partial charge in [0.05, 0.1) is 0 Å². The van der Waals surface area contributed by atoms with E-state index in [2.05, 4.69) is 27.3 Å². The lowest BCUT2D eigenvalue weighted by molar-refractivity contribution is -0.0381. The Morgan fingerprint density at radius 2 is 1.71 bits per heavy atom. The molecule has 0 aromatic carbocycles. The Hall–Kier alpha value is -0.160. The fourth-order valence-corrected chi connectivity index (χ4v) is 2.94. The van der Waals surface area contributed by atoms with E-state index in [0.29, 0.717) is 0 Å². The van der Waals surface area contributed by atoms with E-state index in [9.17, 15) is 0 Å². The summed E-state index contributed by atoms with van der Waals surface area (Å²) in [6.45, 7) is 8.70. The zero-order valence-electron chi connectivity index (χ0n) is 11.1. The highest BCUT2D eigenvalue weighted by Gasteiger charge is 2.29. The molecule has 1 atom stereocenters. The molecule has 98 valence electrons. The first-order valence-corrected chi connectivity index (χ1v) is 7.23. The molecule has 2 heterocycles. The third-order valence-electron chi connectivity index (χ3n) is 4.42. The summed E-state index contributed by atoms with van der Waals surface area (Å²) in [5.74, 6) is 0.884. The minimum absolute atomic E-state index is 0.868. The number of piperazine rings is 1. The van der Waals surface area contributed by atoms with Gasteiger partial charge in [0.1, 0.15) is 0 Å². The van der Waals surface area contributed by atoms with Crippen LogP contribution in [0.5, 0.6) is 0 Å². The number of hydrazine groups is 1. The van der Waals surface area contributed by atoms with Crippen LogP contribution < -0.4 is 5.32 Å². The van der Waals surface area contributed by atoms with Crippen LogP contribution in [0.25, 0.3) is 0 Å². The zero-order chi connectivity index (χ0) is 11.7. The third-order valence-corrected chi connectivity index (χ3v) is 4.42. The molecule has 0 amide bonds. The zero-order valence-corrected chi connectivity index (χ0v) is 11.1. The van der Waals surface area contributed by atoms with Gasteiger partial charge < -0.3 is 10.2 Å². The van der Waals surface area contributed by atoms with Crippen molar-refractivity contribution in [1.82, 2.24) is 20.2 Å². The maximum Gasteiger partial charge on any atom is 0.0261 e. The predicted octanol–water partition coefficient (Wildman–Crippen LogP) is 0.223. The molecule has 2 saturated heterocycles. The van der Waals surface area contributed by atoms with Gasteiger partial charge in [-0.1, -0.05) is 0 Å². The highest BCUT2D eigenvalue weighted by atomic mass is 15.6. The lowest BCUT2D eigenvalue weighted by atomic mass is 10.1. The van der Waals surface area contributed by atoms with E-state index in [4.69, 9.17) is 0 Å². The summed E-state index contributed by atoms with van der Waals surface area (Å²) in [5, 5.41) is 8.86. The van der Waals surface area contributed by atoms with Gasteiger partial charge in [-0.25, -0.2) is 10.0 Å². The fourth-order valence-electron chi connectivity index (χ4n) is 2.94. The van der Waals surface area contributed by atoms with Crippen molar-refractivity contribution in [2.45, 2.75) is 25.3 Å². The molecule has 1 unspecified atom stereocenters. The Labute approximate surface area is 105 Å². The molecule has 0 spiro atoms. The van der Waals surface area contributed by atoms with Gasteiger partial charge in [-0.3, -0.25) is 0 Å². The third kappa shape index (κ3) is 3.19. The standard InChI is InChI=1S/C13H26N4/c1-15-6-8-16(9-7-15)17-5-4-12(11-17)10-14-13-2-3-13/h12-14H,2-11H2,1H3. The van der Waals surface area contributed by atoms with Crippen LogP contribution in [-0.2, 0) is 0 Å². The highest BCUT2D eigenvalue weighted by molar-refractivity contribution is 4.84. The largest absolute Gasteiger partial charge is 0.314 e. The summed E-state index contributed by atoms with van der Waals surface area (Å²) in [5.41, 5.74) is 0. The second-order valence-corrected chi connectivity index (χ2v) is 6.01. The molecular weight excluding hydrogens is 212 g/mol. The number of likely N-dealkylation sites (N-methyl/N-ethyl adjacent to an activating group) is 1. The van der Waals surface area contributed by atoms with Crippen molar-refractivity contribution in [2.24, 2.45) is 5.92 Å². The maximum atomic E-state index is 3.68. The summed E-state index contributed by atoms with van der Waals surface area (Å²) in [6, 6.07) is 0.868. The van der Waals surface area contributed by atoms with Crippen molar-refractivity contribution < 1.29 is 0 Å². The number of rotatable bonds is 4. The SMILES string of the molecule is CN1CCN(N2CCC(CNC3CC3)C2)CC1. The van der Waals surface area contributed by atoms with Crippen LogP contribution in [-0.4, -0.2) is 73.8 Å². The van der Waals surface area contributed by atoms with Gasteiger partial charge in [0.2, 0.25) is 0 Å². The second kappa shape index (κ2) is 5.22. The van der Waals surface area contributed by atoms with Crippen LogP contribution >= 0.6 is 0 Å². The van der Waals surface area contributed by atoms with Gasteiger partial charge in [0.25, 0.3) is 0 Å². The minimum atomic E-state index is 0.868. The number of nitrogens with zero attached hydrogens (tertiary/aromatic N) is 3. The molecule has 0 aromatic heterocycles. The molecule has 4 nitrogen and oxygen atoms in total. The van der Waals surface area contributed by atoms with Gasteiger partial charge >= 0.3 is 0 Å². The lowest BCUT2D eigenvalue weighted by Crippen LogP contribution is -2.52. The monoisotopic (exact) mass is 238 g/mol. The molecular formula is C13H26N4. The highest BCUT2D eigenvalue weighted by Crippen LogP contribution is 2.22.